The smallest absolute Gasteiger partial charge is 0.407 e. The number of aromatic nitrogens is 4. The van der Waals surface area contributed by atoms with Gasteiger partial charge in [-0.2, -0.15) is 0 Å². The molecule has 0 radical (unpaired) electrons. The maximum absolute atomic E-state index is 11.7. The Morgan fingerprint density at radius 2 is 1.08 bits per heavy atom. The number of aryl methyl sites for hydroxylation is 2. The lowest BCUT2D eigenvalue weighted by Gasteiger charge is -2.11. The Labute approximate surface area is 224 Å². The van der Waals surface area contributed by atoms with Gasteiger partial charge in [-0.3, -0.25) is 0 Å². The number of nitrogens with one attached hydrogen (secondary N) is 2. The van der Waals surface area contributed by atoms with Crippen molar-refractivity contribution in [2.45, 2.75) is 51.6 Å². The molecule has 0 bridgehead atoms. The molecule has 0 fully saturated rings. The molecule has 2 aromatic rings. The molecule has 210 valence electrons. The molecular weight excluding hydrogens is 492 g/mol. The van der Waals surface area contributed by atoms with Crippen LogP contribution in [0.4, 0.5) is 9.59 Å². The third kappa shape index (κ3) is 15.2. The first-order valence-electron chi connectivity index (χ1n) is 12.9. The number of ether oxygens (including phenoxy) is 4. The van der Waals surface area contributed by atoms with Crippen LogP contribution in [-0.2, 0) is 32.0 Å². The first kappa shape index (κ1) is 30.3. The largest absolute Gasteiger partial charge is 0.495 e. The van der Waals surface area contributed by atoms with E-state index in [1.807, 2.05) is 21.5 Å². The highest BCUT2D eigenvalue weighted by Gasteiger charge is 2.04. The van der Waals surface area contributed by atoms with Crippen LogP contribution in [0.5, 0.6) is 0 Å². The zero-order valence-corrected chi connectivity index (χ0v) is 22.0. The molecular formula is C26H40N6O6. The van der Waals surface area contributed by atoms with E-state index >= 15 is 0 Å². The maximum Gasteiger partial charge on any atom is 0.407 e. The number of nitrogens with zero attached hydrogens (tertiary/aromatic N) is 4. The zero-order valence-electron chi connectivity index (χ0n) is 22.0. The average molecular weight is 533 g/mol. The fourth-order valence-electron chi connectivity index (χ4n) is 3.22. The van der Waals surface area contributed by atoms with Gasteiger partial charge in [0.15, 0.2) is 0 Å². The van der Waals surface area contributed by atoms with Gasteiger partial charge in [0.2, 0.25) is 0 Å². The van der Waals surface area contributed by atoms with Gasteiger partial charge in [0.05, 0.1) is 24.2 Å². The molecule has 2 N–H and O–H groups in total. The molecule has 12 heteroatoms. The number of unbranched alkanes of at least 4 members (excludes halogenated alkanes) is 3. The summed E-state index contributed by atoms with van der Waals surface area (Å²) >= 11 is 0. The van der Waals surface area contributed by atoms with Gasteiger partial charge in [0.25, 0.3) is 0 Å². The number of carbonyl (C=O) groups is 2. The van der Waals surface area contributed by atoms with Crippen LogP contribution in [0, 0.1) is 0 Å². The second kappa shape index (κ2) is 19.2. The molecule has 2 aromatic heterocycles. The Balaban J connectivity index is 1.30. The van der Waals surface area contributed by atoms with E-state index in [1.165, 1.54) is 0 Å². The standard InChI is InChI=1S/C26H40N6O6/c1-23(7-13-31-15-11-27-21-31)35-17-19-37-25(33)29-9-5-3-4-6-10-30-26(34)38-20-18-36-24(2)8-14-32-16-12-28-22-32/h11-12,15-16,21-22H,1-10,13-14,17-20H2,(H,29,33)(H,30,34). The molecule has 0 aliphatic carbocycles. The van der Waals surface area contributed by atoms with E-state index < -0.39 is 12.2 Å². The number of allylic oxidation sites excluding steroid dienone is 2. The normalized spacial score (nSPS) is 10.4. The predicted molar refractivity (Wildman–Crippen MR) is 141 cm³/mol. The lowest BCUT2D eigenvalue weighted by atomic mass is 10.2. The fraction of sp³-hybridized carbons (Fsp3) is 0.538. The molecule has 0 saturated carbocycles. The van der Waals surface area contributed by atoms with Crippen molar-refractivity contribution in [3.63, 3.8) is 0 Å². The molecule has 2 heterocycles. The number of rotatable bonds is 21. The third-order valence-corrected chi connectivity index (χ3v) is 5.30. The summed E-state index contributed by atoms with van der Waals surface area (Å²) in [6, 6.07) is 0. The number of alkyl carbamates (subject to hydrolysis) is 2. The van der Waals surface area contributed by atoms with Crippen molar-refractivity contribution in [3.8, 4) is 0 Å². The maximum atomic E-state index is 11.7. The van der Waals surface area contributed by atoms with Crippen LogP contribution in [0.1, 0.15) is 38.5 Å². The Morgan fingerprint density at radius 3 is 1.47 bits per heavy atom. The quantitative estimate of drug-likeness (QED) is 0.184. The highest BCUT2D eigenvalue weighted by atomic mass is 16.6. The van der Waals surface area contributed by atoms with Crippen LogP contribution in [0.15, 0.2) is 62.1 Å². The van der Waals surface area contributed by atoms with Gasteiger partial charge in [0.1, 0.15) is 26.4 Å². The molecule has 0 spiro atoms. The highest BCUT2D eigenvalue weighted by Crippen LogP contribution is 2.04. The Kier molecular flexibility index (Phi) is 15.3. The van der Waals surface area contributed by atoms with Gasteiger partial charge in [-0.15, -0.1) is 0 Å². The first-order chi connectivity index (χ1) is 18.5. The van der Waals surface area contributed by atoms with E-state index in [1.54, 1.807) is 25.0 Å². The summed E-state index contributed by atoms with van der Waals surface area (Å²) in [5.41, 5.74) is 0. The van der Waals surface area contributed by atoms with E-state index in [-0.39, 0.29) is 26.4 Å². The molecule has 0 aliphatic heterocycles. The van der Waals surface area contributed by atoms with E-state index in [2.05, 4.69) is 33.8 Å². The van der Waals surface area contributed by atoms with E-state index in [9.17, 15) is 9.59 Å². The van der Waals surface area contributed by atoms with Crippen LogP contribution < -0.4 is 10.6 Å². The van der Waals surface area contributed by atoms with Crippen molar-refractivity contribution in [2.75, 3.05) is 39.5 Å². The van der Waals surface area contributed by atoms with Crippen molar-refractivity contribution in [3.05, 3.63) is 62.1 Å². The average Bonchev–Trinajstić information content (AvgIpc) is 3.63. The predicted octanol–water partition coefficient (Wildman–Crippen LogP) is 3.63. The second-order valence-corrected chi connectivity index (χ2v) is 8.41. The zero-order chi connectivity index (χ0) is 27.3. The summed E-state index contributed by atoms with van der Waals surface area (Å²) in [5.74, 6) is 1.28. The summed E-state index contributed by atoms with van der Waals surface area (Å²) < 4.78 is 25.0. The fourth-order valence-corrected chi connectivity index (χ4v) is 3.22. The molecule has 0 unspecified atom stereocenters. The minimum Gasteiger partial charge on any atom is -0.495 e. The number of amides is 2. The monoisotopic (exact) mass is 532 g/mol. The van der Waals surface area contributed by atoms with Crippen molar-refractivity contribution < 1.29 is 28.5 Å². The summed E-state index contributed by atoms with van der Waals surface area (Å²) in [7, 11) is 0. The van der Waals surface area contributed by atoms with Crippen molar-refractivity contribution in [2.24, 2.45) is 0 Å². The van der Waals surface area contributed by atoms with Gasteiger partial charge < -0.3 is 38.7 Å². The SMILES string of the molecule is C=C(CCn1ccnc1)OCCOC(=O)NCCCCCCNC(=O)OCCOC(=C)CCn1ccnc1. The molecule has 0 atom stereocenters. The van der Waals surface area contributed by atoms with Gasteiger partial charge in [-0.05, 0) is 12.8 Å². The van der Waals surface area contributed by atoms with Crippen molar-refractivity contribution in [1.29, 1.82) is 0 Å². The Morgan fingerprint density at radius 1 is 0.658 bits per heavy atom. The number of hydrogen-bond donors (Lipinski definition) is 2. The molecule has 0 aromatic carbocycles. The highest BCUT2D eigenvalue weighted by molar-refractivity contribution is 5.67. The Hall–Kier alpha value is -3.96. The van der Waals surface area contributed by atoms with Crippen LogP contribution in [0.2, 0.25) is 0 Å². The van der Waals surface area contributed by atoms with Gasteiger partial charge in [0, 0.05) is 63.8 Å². The molecule has 2 rings (SSSR count). The van der Waals surface area contributed by atoms with Gasteiger partial charge in [-0.25, -0.2) is 19.6 Å². The lowest BCUT2D eigenvalue weighted by molar-refractivity contribution is 0.100. The lowest BCUT2D eigenvalue weighted by Crippen LogP contribution is -2.27. The van der Waals surface area contributed by atoms with Crippen LogP contribution >= 0.6 is 0 Å². The van der Waals surface area contributed by atoms with Gasteiger partial charge >= 0.3 is 12.2 Å². The van der Waals surface area contributed by atoms with Crippen LogP contribution in [-0.4, -0.2) is 70.8 Å². The molecule has 0 aliphatic rings. The Bertz CT molecular complexity index is 856. The van der Waals surface area contributed by atoms with Crippen LogP contribution in [0.25, 0.3) is 0 Å². The molecule has 2 amide bonds. The van der Waals surface area contributed by atoms with E-state index in [0.717, 1.165) is 38.8 Å². The third-order valence-electron chi connectivity index (χ3n) is 5.30. The minimum atomic E-state index is -0.465. The van der Waals surface area contributed by atoms with Crippen molar-refractivity contribution in [1.82, 2.24) is 29.7 Å². The topological polar surface area (TPSA) is 131 Å². The number of hydrogen-bond acceptors (Lipinski definition) is 8. The van der Waals surface area contributed by atoms with E-state index in [4.69, 9.17) is 18.9 Å². The number of imidazole rings is 2. The molecule has 38 heavy (non-hydrogen) atoms. The molecule has 0 saturated heterocycles. The molecule has 12 nitrogen and oxygen atoms in total. The van der Waals surface area contributed by atoms with Gasteiger partial charge in [-0.1, -0.05) is 26.0 Å². The van der Waals surface area contributed by atoms with E-state index in [0.29, 0.717) is 37.4 Å². The summed E-state index contributed by atoms with van der Waals surface area (Å²) in [5, 5.41) is 5.43. The summed E-state index contributed by atoms with van der Waals surface area (Å²) in [6.45, 7) is 11.1. The summed E-state index contributed by atoms with van der Waals surface area (Å²) in [6.07, 6.45) is 14.5. The van der Waals surface area contributed by atoms with Crippen molar-refractivity contribution >= 4 is 12.2 Å². The summed E-state index contributed by atoms with van der Waals surface area (Å²) in [4.78, 5) is 31.4. The second-order valence-electron chi connectivity index (χ2n) is 8.41. The first-order valence-corrected chi connectivity index (χ1v) is 12.9. The van der Waals surface area contributed by atoms with Crippen LogP contribution in [0.3, 0.4) is 0 Å². The number of carbonyl (C=O) groups excluding carboxylic acids is 2. The minimum absolute atomic E-state index is 0.158.